The number of aliphatic hydroxyl groups excluding tert-OH is 4. The predicted octanol–water partition coefficient (Wildman–Crippen LogP) is -10.5. The van der Waals surface area contributed by atoms with Crippen molar-refractivity contribution in [3.8, 4) is 0 Å². The van der Waals surface area contributed by atoms with Gasteiger partial charge in [0.15, 0.2) is 0 Å². The van der Waals surface area contributed by atoms with Gasteiger partial charge in [0.05, 0.1) is 69.5 Å². The number of hydrogen-bond acceptors (Lipinski definition) is 31. The van der Waals surface area contributed by atoms with E-state index in [9.17, 15) is 131 Å². The maximum Gasteiger partial charge on any atom is 0.325 e. The second kappa shape index (κ2) is 62.9. The fraction of sp³-hybridized carbons (Fsp3) is 0.730. The second-order valence-corrected chi connectivity index (χ2v) is 36.9. The number of nitrogens with two attached hydrogens (primary N) is 5. The van der Waals surface area contributed by atoms with Gasteiger partial charge >= 0.3 is 11.9 Å². The number of aliphatic hydroxyl groups is 4. The number of nitrogens with one attached hydrogen (secondary N) is 17. The molecule has 3 saturated heterocycles. The predicted molar refractivity (Wildman–Crippen MR) is 507 cm³/mol. The van der Waals surface area contributed by atoms with Crippen molar-refractivity contribution in [3.63, 3.8) is 0 Å². The fourth-order valence-electron chi connectivity index (χ4n) is 16.1. The third-order valence-electron chi connectivity index (χ3n) is 23.9. The number of carbonyl (C=O) groups excluding carboxylic acids is 19. The lowest BCUT2D eigenvalue weighted by atomic mass is 10.0. The molecule has 0 aromatic carbocycles. The van der Waals surface area contributed by atoms with Crippen LogP contribution >= 0.6 is 0 Å². The van der Waals surface area contributed by atoms with Gasteiger partial charge in [-0.05, 0) is 193 Å². The smallest absolute Gasteiger partial charge is 0.325 e. The molecule has 800 valence electrons. The van der Waals surface area contributed by atoms with Crippen LogP contribution in [0.15, 0.2) is 12.5 Å². The van der Waals surface area contributed by atoms with E-state index in [4.69, 9.17) is 28.7 Å². The van der Waals surface area contributed by atoms with Crippen LogP contribution in [-0.2, 0) is 107 Å². The van der Waals surface area contributed by atoms with Crippen molar-refractivity contribution in [1.29, 1.82) is 0 Å². The highest BCUT2D eigenvalue weighted by Gasteiger charge is 2.46. The minimum absolute atomic E-state index is 0.0201. The molecule has 0 spiro atoms. The zero-order valence-corrected chi connectivity index (χ0v) is 82.3. The fourth-order valence-corrected chi connectivity index (χ4v) is 16.1. The Hall–Kier alpha value is -12.3. The van der Waals surface area contributed by atoms with Gasteiger partial charge in [0.1, 0.15) is 96.7 Å². The molecule has 1 aromatic heterocycles. The average Bonchev–Trinajstić information content (AvgIpc) is 1.65. The molecule has 19 amide bonds. The summed E-state index contributed by atoms with van der Waals surface area (Å²) >= 11 is 0. The van der Waals surface area contributed by atoms with Crippen molar-refractivity contribution < 1.29 is 131 Å². The molecule has 4 heterocycles. The summed E-state index contributed by atoms with van der Waals surface area (Å²) in [6.45, 7) is 10.00. The Morgan fingerprint density at radius 1 is 0.387 bits per heavy atom. The van der Waals surface area contributed by atoms with Gasteiger partial charge in [-0.25, -0.2) is 4.98 Å². The van der Waals surface area contributed by atoms with Crippen molar-refractivity contribution in [1.82, 2.24) is 110 Å². The first-order valence-corrected chi connectivity index (χ1v) is 48.4. The van der Waals surface area contributed by atoms with E-state index in [1.807, 2.05) is 13.8 Å². The summed E-state index contributed by atoms with van der Waals surface area (Å²) in [5, 5.41) is 101. The van der Waals surface area contributed by atoms with Gasteiger partial charge in [-0.2, -0.15) is 0 Å². The Balaban J connectivity index is 1.41. The van der Waals surface area contributed by atoms with E-state index in [1.54, 1.807) is 13.8 Å². The summed E-state index contributed by atoms with van der Waals surface area (Å²) in [7, 11) is 0. The monoisotopic (exact) mass is 2020 g/mol. The topological polar surface area (TPSA) is 841 Å². The lowest BCUT2D eigenvalue weighted by Crippen LogP contribution is -2.63. The Kier molecular flexibility index (Phi) is 54.0. The average molecular weight is 2020 g/mol. The molecule has 3 aliphatic heterocycles. The molecule has 1 aromatic rings. The van der Waals surface area contributed by atoms with Gasteiger partial charge in [0, 0.05) is 32.3 Å². The van der Waals surface area contributed by atoms with Gasteiger partial charge in [-0.3, -0.25) is 101 Å². The third-order valence-corrected chi connectivity index (χ3v) is 23.9. The molecule has 142 heavy (non-hydrogen) atoms. The Labute approximate surface area is 823 Å². The number of rotatable bonds is 65. The molecule has 0 unspecified atom stereocenters. The molecular weight excluding hydrogens is 1870 g/mol. The van der Waals surface area contributed by atoms with Gasteiger partial charge in [-0.15, -0.1) is 0 Å². The molecule has 53 heteroatoms. The molecule has 0 saturated carbocycles. The van der Waals surface area contributed by atoms with Crippen LogP contribution < -0.4 is 114 Å². The van der Waals surface area contributed by atoms with Crippen LogP contribution in [0, 0.1) is 17.8 Å². The largest absolute Gasteiger partial charge is 0.481 e. The maximum atomic E-state index is 14.4. The Morgan fingerprint density at radius 3 is 1.14 bits per heavy atom. The van der Waals surface area contributed by atoms with Crippen LogP contribution in [0.5, 0.6) is 0 Å². The number of carboxylic acid groups (broad SMARTS) is 2. The number of nitrogens with zero attached hydrogens (tertiary/aromatic N) is 4. The standard InChI is InChI=1S/C89H152N26O27/c1-46(2)35-53(94)86(138)113-32-18-25-63(113)81(133)104-54(21-10-14-28-90)73(125)96-40-66(120)101-56(23-12-16-30-92)76(128)106-59(37-52-39-95-45-99-52)78(130)108-62(44-117)80(132)110-70(48(5)6)84(136)105-55(22-11-15-29-91)74(126)97-42-68(122)103-58(36-47(3)4)75(127)98-41-67(121)102-57(24-13-17-31-93)77(129)111-71(50(8)118)85(137)112-72(51(9)119)88(140)115-34-20-27-65(115)82(134)107-60(38-69(123)124)87(139)114-33-19-26-64(114)83(135)109-61(43-116)79(131)100-49(7)89(141)142/h39,45-51,53-65,70-72,116-119H,10-38,40-44,90-94H2,1-9H3,(H,95,99)(H,96,125)(H,97,126)(H,98,127)(H,100,131)(H,101,120)(H,102,121)(H,103,122)(H,104,133)(H,105,136)(H,106,128)(H,107,134)(H,108,130)(H,109,135)(H,110,132)(H,111,129)(H,112,137)(H,123,124)(H,141,142)/t49-,50+,51+,53-,54-,55-,56-,57-,58-,59-,60-,61-,62-,63-,64-,65-,70-,71-,72-/m0/s1. The summed E-state index contributed by atoms with van der Waals surface area (Å²) < 4.78 is 0. The highest BCUT2D eigenvalue weighted by Crippen LogP contribution is 2.25. The van der Waals surface area contributed by atoms with E-state index in [0.29, 0.717) is 57.9 Å². The van der Waals surface area contributed by atoms with Crippen molar-refractivity contribution in [2.75, 3.05) is 78.7 Å². The van der Waals surface area contributed by atoms with Gasteiger partial charge < -0.3 is 164 Å². The highest BCUT2D eigenvalue weighted by molar-refractivity contribution is 6.02. The van der Waals surface area contributed by atoms with Crippen LogP contribution in [0.4, 0.5) is 0 Å². The number of aromatic nitrogens is 2. The zero-order chi connectivity index (χ0) is 106. The first-order chi connectivity index (χ1) is 67.2. The van der Waals surface area contributed by atoms with E-state index in [0.717, 1.165) is 30.6 Å². The molecular formula is C89H152N26O27. The summed E-state index contributed by atoms with van der Waals surface area (Å²) in [6.07, 6.45) is 1.77. The van der Waals surface area contributed by atoms with Crippen molar-refractivity contribution in [2.45, 2.75) is 318 Å². The summed E-state index contributed by atoms with van der Waals surface area (Å²) in [5.74, 6) is -21.8. The number of carbonyl (C=O) groups is 21. The number of hydrogen-bond donors (Lipinski definition) is 28. The number of carboxylic acids is 2. The van der Waals surface area contributed by atoms with Crippen molar-refractivity contribution >= 4 is 124 Å². The van der Waals surface area contributed by atoms with E-state index in [-0.39, 0.29) is 146 Å². The number of H-pyrrole nitrogens is 1. The van der Waals surface area contributed by atoms with Crippen molar-refractivity contribution in [2.24, 2.45) is 46.4 Å². The number of aromatic amines is 1. The van der Waals surface area contributed by atoms with E-state index in [1.165, 1.54) is 31.3 Å². The van der Waals surface area contributed by atoms with E-state index in [2.05, 4.69) is 95.0 Å². The first-order valence-electron chi connectivity index (χ1n) is 48.4. The van der Waals surface area contributed by atoms with Crippen LogP contribution in [0.3, 0.4) is 0 Å². The van der Waals surface area contributed by atoms with Crippen molar-refractivity contribution in [3.05, 3.63) is 18.2 Å². The number of amides is 19. The lowest BCUT2D eigenvalue weighted by Gasteiger charge is -2.33. The van der Waals surface area contributed by atoms with Crippen LogP contribution in [0.1, 0.15) is 203 Å². The minimum Gasteiger partial charge on any atom is -0.481 e. The van der Waals surface area contributed by atoms with Gasteiger partial charge in [0.25, 0.3) is 0 Å². The Bertz CT molecular complexity index is 4380. The summed E-state index contributed by atoms with van der Waals surface area (Å²) in [4.78, 5) is 298. The molecule has 33 N–H and O–H groups in total. The zero-order valence-electron chi connectivity index (χ0n) is 82.3. The van der Waals surface area contributed by atoms with Crippen LogP contribution in [0.25, 0.3) is 0 Å². The Morgan fingerprint density at radius 2 is 0.732 bits per heavy atom. The first kappa shape index (κ1) is 122. The van der Waals surface area contributed by atoms with E-state index >= 15 is 0 Å². The minimum atomic E-state index is -1.93. The molecule has 53 nitrogen and oxygen atoms in total. The van der Waals surface area contributed by atoms with Gasteiger partial charge in [-0.1, -0.05) is 41.5 Å². The molecule has 0 aliphatic carbocycles. The molecule has 3 fully saturated rings. The third kappa shape index (κ3) is 41.0. The molecule has 3 aliphatic rings. The van der Waals surface area contributed by atoms with Crippen LogP contribution in [0.2, 0.25) is 0 Å². The lowest BCUT2D eigenvalue weighted by molar-refractivity contribution is -0.148. The number of likely N-dealkylation sites (tertiary alicyclic amines) is 3. The molecule has 4 rings (SSSR count). The highest BCUT2D eigenvalue weighted by atomic mass is 16.4. The van der Waals surface area contributed by atoms with Crippen LogP contribution in [-0.4, -0.2) is 373 Å². The normalized spacial score (nSPS) is 18.0. The number of imidazole rings is 1. The van der Waals surface area contributed by atoms with E-state index < -0.39 is 278 Å². The number of unbranched alkanes of at least 4 members (excludes halogenated alkanes) is 4. The quantitative estimate of drug-likeness (QED) is 0.0269. The second-order valence-electron chi connectivity index (χ2n) is 36.9. The molecule has 19 atom stereocenters. The molecule has 0 bridgehead atoms. The summed E-state index contributed by atoms with van der Waals surface area (Å²) in [6, 6.07) is -25.1. The SMILES string of the molecule is CC(C)C[C@H](NC(=O)CNC(=O)[C@H](CCCCN)NC(=O)[C@@H](NC(=O)[C@H](CO)NC(=O)[C@H](Cc1c[nH]cn1)NC(=O)[C@H](CCCCN)NC(=O)CNC(=O)[C@H](CCCCN)NC(=O)[C@@H]1CCCN1C(=O)[C@@H](N)CC(C)C)C(C)C)C(=O)NCC(=O)N[C@@H](CCCCN)C(=O)N[C@H](C(=O)N[C@H](C(=O)N1CCC[C@H]1C(=O)N[C@@H](CC(=O)O)C(=O)N1CCC[C@H]1C(=O)N[C@@H](CO)C(=O)N[C@@H](C)C(=O)O)[C@@H](C)O)[C@@H](C)O. The molecule has 0 radical (unpaired) electrons. The summed E-state index contributed by atoms with van der Waals surface area (Å²) in [5.41, 5.74) is 29.5. The maximum absolute atomic E-state index is 14.4. The number of aliphatic carboxylic acids is 2. The van der Waals surface area contributed by atoms with Gasteiger partial charge in [0.2, 0.25) is 112 Å².